The third-order valence-electron chi connectivity index (χ3n) is 2.38. The van der Waals surface area contributed by atoms with Gasteiger partial charge in [-0.15, -0.1) is 0 Å². The van der Waals surface area contributed by atoms with Crippen LogP contribution in [0, 0.1) is 0 Å². The second-order valence-electron chi connectivity index (χ2n) is 3.74. The van der Waals surface area contributed by atoms with Crippen LogP contribution in [0.3, 0.4) is 0 Å². The molecule has 1 heterocycles. The highest BCUT2D eigenvalue weighted by Gasteiger charge is 2.10. The zero-order valence-corrected chi connectivity index (χ0v) is 9.26. The minimum Gasteiger partial charge on any atom is -0.480 e. The number of aliphatic carboxylic acids is 1. The van der Waals surface area contributed by atoms with Crippen LogP contribution in [-0.4, -0.2) is 26.7 Å². The predicted molar refractivity (Wildman–Crippen MR) is 60.8 cm³/mol. The summed E-state index contributed by atoms with van der Waals surface area (Å²) in [5, 5.41) is 8.55. The molecule has 0 fully saturated rings. The lowest BCUT2D eigenvalue weighted by atomic mass is 10.1. The van der Waals surface area contributed by atoms with E-state index in [1.54, 1.807) is 0 Å². The normalized spacial score (nSPS) is 12.3. The molecule has 0 amide bonds. The maximum Gasteiger partial charge on any atom is 0.328 e. The molecule has 0 aliphatic heterocycles. The Bertz CT molecular complexity index is 491. The Morgan fingerprint density at radius 1 is 1.47 bits per heavy atom. The molecule has 0 bridgehead atoms. The summed E-state index contributed by atoms with van der Waals surface area (Å²) in [4.78, 5) is 34.6. The Balaban J connectivity index is 2.39. The number of carboxylic acid groups (broad SMARTS) is 1. The van der Waals surface area contributed by atoms with E-state index >= 15 is 0 Å². The second-order valence-corrected chi connectivity index (χ2v) is 3.74. The van der Waals surface area contributed by atoms with Gasteiger partial charge in [0.05, 0.1) is 0 Å². The quantitative estimate of drug-likeness (QED) is 0.559. The van der Waals surface area contributed by atoms with E-state index in [4.69, 9.17) is 10.8 Å². The molecule has 7 heteroatoms. The number of aromatic amines is 1. The van der Waals surface area contributed by atoms with Gasteiger partial charge in [0.15, 0.2) is 0 Å². The highest BCUT2D eigenvalue weighted by atomic mass is 16.4. The molecule has 0 saturated carbocycles. The van der Waals surface area contributed by atoms with Gasteiger partial charge in [-0.25, -0.2) is 4.79 Å². The van der Waals surface area contributed by atoms with Crippen LogP contribution in [0.5, 0.6) is 0 Å². The minimum absolute atomic E-state index is 0.368. The standard InChI is InChI=1S/C10H15N3O4/c11-7(9(15)16)3-1-2-5-13-6-4-8(14)12-10(13)17/h4,6-7H,1-3,5,11H2,(H,15,16)(H,12,14,17)/t7-/m0/s1. The van der Waals surface area contributed by atoms with Crippen LogP contribution in [0.25, 0.3) is 0 Å². The van der Waals surface area contributed by atoms with E-state index in [-0.39, 0.29) is 0 Å². The number of nitrogens with one attached hydrogen (secondary N) is 1. The van der Waals surface area contributed by atoms with Crippen LogP contribution < -0.4 is 17.0 Å². The molecule has 17 heavy (non-hydrogen) atoms. The monoisotopic (exact) mass is 241 g/mol. The van der Waals surface area contributed by atoms with E-state index in [1.165, 1.54) is 16.8 Å². The average Bonchev–Trinajstić information content (AvgIpc) is 2.26. The van der Waals surface area contributed by atoms with Crippen molar-refractivity contribution in [2.24, 2.45) is 5.73 Å². The second kappa shape index (κ2) is 6.00. The Kier molecular flexibility index (Phi) is 4.65. The third kappa shape index (κ3) is 4.23. The Morgan fingerprint density at radius 2 is 2.18 bits per heavy atom. The highest BCUT2D eigenvalue weighted by Crippen LogP contribution is 2.00. The van der Waals surface area contributed by atoms with Gasteiger partial charge in [-0.2, -0.15) is 0 Å². The van der Waals surface area contributed by atoms with Crippen molar-refractivity contribution in [1.29, 1.82) is 0 Å². The molecule has 0 spiro atoms. The molecule has 0 aliphatic rings. The lowest BCUT2D eigenvalue weighted by Crippen LogP contribution is -2.30. The summed E-state index contributed by atoms with van der Waals surface area (Å²) in [5.41, 5.74) is 4.44. The summed E-state index contributed by atoms with van der Waals surface area (Å²) in [7, 11) is 0. The van der Waals surface area contributed by atoms with Crippen molar-refractivity contribution in [3.8, 4) is 0 Å². The molecule has 1 aromatic rings. The van der Waals surface area contributed by atoms with Crippen LogP contribution in [-0.2, 0) is 11.3 Å². The molecule has 1 atom stereocenters. The molecular formula is C10H15N3O4. The third-order valence-corrected chi connectivity index (χ3v) is 2.38. The maximum atomic E-state index is 11.3. The Hall–Kier alpha value is -1.89. The lowest BCUT2D eigenvalue weighted by molar-refractivity contribution is -0.138. The van der Waals surface area contributed by atoms with Crippen LogP contribution in [0.15, 0.2) is 21.9 Å². The summed E-state index contributed by atoms with van der Waals surface area (Å²) in [6.45, 7) is 0.432. The summed E-state index contributed by atoms with van der Waals surface area (Å²) >= 11 is 0. The van der Waals surface area contributed by atoms with Crippen molar-refractivity contribution in [3.05, 3.63) is 33.1 Å². The molecule has 94 valence electrons. The van der Waals surface area contributed by atoms with Gasteiger partial charge >= 0.3 is 11.7 Å². The van der Waals surface area contributed by atoms with Crippen LogP contribution in [0.4, 0.5) is 0 Å². The fourth-order valence-electron chi connectivity index (χ4n) is 1.39. The first-order chi connectivity index (χ1) is 8.00. The van der Waals surface area contributed by atoms with Crippen molar-refractivity contribution < 1.29 is 9.90 Å². The molecule has 0 radical (unpaired) electrons. The molecule has 0 aliphatic carbocycles. The van der Waals surface area contributed by atoms with Crippen molar-refractivity contribution in [1.82, 2.24) is 9.55 Å². The number of hydrogen-bond donors (Lipinski definition) is 3. The van der Waals surface area contributed by atoms with Gasteiger partial charge in [0, 0.05) is 18.8 Å². The van der Waals surface area contributed by atoms with E-state index in [2.05, 4.69) is 4.98 Å². The Morgan fingerprint density at radius 3 is 2.76 bits per heavy atom. The molecular weight excluding hydrogens is 226 g/mol. The van der Waals surface area contributed by atoms with Crippen LogP contribution in [0.2, 0.25) is 0 Å². The van der Waals surface area contributed by atoms with Gasteiger partial charge in [0.2, 0.25) is 0 Å². The summed E-state index contributed by atoms with van der Waals surface area (Å²) in [6.07, 6.45) is 3.03. The minimum atomic E-state index is -1.02. The SMILES string of the molecule is N[C@@H](CCCCn1ccc(=O)[nH]c1=O)C(=O)O. The first-order valence-corrected chi connectivity index (χ1v) is 5.29. The van der Waals surface area contributed by atoms with Gasteiger partial charge in [-0.05, 0) is 19.3 Å². The number of carboxylic acids is 1. The maximum absolute atomic E-state index is 11.3. The number of nitrogens with two attached hydrogens (primary N) is 1. The Labute approximate surface area is 96.9 Å². The number of H-pyrrole nitrogens is 1. The molecule has 0 saturated heterocycles. The molecule has 0 aromatic carbocycles. The highest BCUT2D eigenvalue weighted by molar-refractivity contribution is 5.72. The molecule has 1 rings (SSSR count). The van der Waals surface area contributed by atoms with Gasteiger partial charge in [0.25, 0.3) is 5.56 Å². The molecule has 7 nitrogen and oxygen atoms in total. The summed E-state index contributed by atoms with van der Waals surface area (Å²) in [6, 6.07) is 0.409. The van der Waals surface area contributed by atoms with E-state index in [0.29, 0.717) is 25.8 Å². The fraction of sp³-hybridized carbons (Fsp3) is 0.500. The van der Waals surface area contributed by atoms with Crippen molar-refractivity contribution in [3.63, 3.8) is 0 Å². The smallest absolute Gasteiger partial charge is 0.328 e. The molecule has 0 unspecified atom stereocenters. The number of unbranched alkanes of at least 4 members (excludes halogenated alkanes) is 1. The van der Waals surface area contributed by atoms with Crippen molar-refractivity contribution >= 4 is 5.97 Å². The first kappa shape index (κ1) is 13.2. The summed E-state index contributed by atoms with van der Waals surface area (Å²) < 4.78 is 1.37. The topological polar surface area (TPSA) is 118 Å². The van der Waals surface area contributed by atoms with Gasteiger partial charge in [-0.1, -0.05) is 0 Å². The van der Waals surface area contributed by atoms with E-state index < -0.39 is 23.3 Å². The number of rotatable bonds is 6. The first-order valence-electron chi connectivity index (χ1n) is 5.29. The number of carbonyl (C=O) groups is 1. The summed E-state index contributed by atoms with van der Waals surface area (Å²) in [5.74, 6) is -1.02. The van der Waals surface area contributed by atoms with Crippen molar-refractivity contribution in [2.75, 3.05) is 0 Å². The van der Waals surface area contributed by atoms with Gasteiger partial charge in [0.1, 0.15) is 6.04 Å². The van der Waals surface area contributed by atoms with Crippen molar-refractivity contribution in [2.45, 2.75) is 31.8 Å². The molecule has 1 aromatic heterocycles. The average molecular weight is 241 g/mol. The number of aryl methyl sites for hydroxylation is 1. The zero-order valence-electron chi connectivity index (χ0n) is 9.26. The largest absolute Gasteiger partial charge is 0.480 e. The van der Waals surface area contributed by atoms with Crippen LogP contribution >= 0.6 is 0 Å². The van der Waals surface area contributed by atoms with Gasteiger partial charge < -0.3 is 15.4 Å². The lowest BCUT2D eigenvalue weighted by Gasteiger charge is -2.06. The number of aromatic nitrogens is 2. The van der Waals surface area contributed by atoms with E-state index in [1.807, 2.05) is 0 Å². The van der Waals surface area contributed by atoms with E-state index in [0.717, 1.165) is 0 Å². The fourth-order valence-corrected chi connectivity index (χ4v) is 1.39. The predicted octanol–water partition coefficient (Wildman–Crippen LogP) is -0.881. The van der Waals surface area contributed by atoms with E-state index in [9.17, 15) is 14.4 Å². The van der Waals surface area contributed by atoms with Crippen LogP contribution in [0.1, 0.15) is 19.3 Å². The number of hydrogen-bond acceptors (Lipinski definition) is 4. The number of nitrogens with zero attached hydrogens (tertiary/aromatic N) is 1. The van der Waals surface area contributed by atoms with Gasteiger partial charge in [-0.3, -0.25) is 14.6 Å². The molecule has 4 N–H and O–H groups in total. The zero-order chi connectivity index (χ0) is 12.8.